The van der Waals surface area contributed by atoms with Crippen molar-refractivity contribution in [2.75, 3.05) is 29.5 Å². The molecule has 0 atom stereocenters. The summed E-state index contributed by atoms with van der Waals surface area (Å²) in [5.74, 6) is 1.34. The molecule has 2 heterocycles. The predicted molar refractivity (Wildman–Crippen MR) is 67.4 cm³/mol. The molecule has 0 aliphatic carbocycles. The van der Waals surface area contributed by atoms with Gasteiger partial charge >= 0.3 is 0 Å². The number of pyridine rings is 1. The molecule has 0 radical (unpaired) electrons. The van der Waals surface area contributed by atoms with Crippen LogP contribution in [0.25, 0.3) is 0 Å². The van der Waals surface area contributed by atoms with Crippen molar-refractivity contribution in [2.45, 2.75) is 6.42 Å². The molecule has 0 saturated carbocycles. The van der Waals surface area contributed by atoms with E-state index in [1.807, 2.05) is 17.0 Å². The second-order valence-corrected chi connectivity index (χ2v) is 6.96. The lowest BCUT2D eigenvalue weighted by molar-refractivity contribution is 0.597. The molecule has 1 aromatic heterocycles. The first-order chi connectivity index (χ1) is 7.58. The van der Waals surface area contributed by atoms with Gasteiger partial charge in [0.15, 0.2) is 9.84 Å². The van der Waals surface area contributed by atoms with E-state index in [1.165, 1.54) is 0 Å². The molecule has 1 saturated heterocycles. The Hall–Kier alpha value is -0.620. The third-order valence-corrected chi connectivity index (χ3v) is 4.93. The Morgan fingerprint density at radius 1 is 1.31 bits per heavy atom. The van der Waals surface area contributed by atoms with Crippen LogP contribution < -0.4 is 4.90 Å². The van der Waals surface area contributed by atoms with Crippen molar-refractivity contribution < 1.29 is 8.42 Å². The quantitative estimate of drug-likeness (QED) is 0.788. The van der Waals surface area contributed by atoms with Gasteiger partial charge in [-0.25, -0.2) is 13.4 Å². The van der Waals surface area contributed by atoms with Gasteiger partial charge in [0.2, 0.25) is 0 Å². The van der Waals surface area contributed by atoms with Crippen LogP contribution in [0.5, 0.6) is 0 Å². The van der Waals surface area contributed by atoms with Crippen LogP contribution in [0, 0.1) is 0 Å². The average molecular weight is 305 g/mol. The highest BCUT2D eigenvalue weighted by atomic mass is 79.9. The van der Waals surface area contributed by atoms with Crippen LogP contribution in [0.1, 0.15) is 6.42 Å². The minimum absolute atomic E-state index is 0.218. The van der Waals surface area contributed by atoms with Crippen molar-refractivity contribution in [1.82, 2.24) is 4.98 Å². The molecule has 0 unspecified atom stereocenters. The first kappa shape index (κ1) is 11.9. The molecule has 0 N–H and O–H groups in total. The summed E-state index contributed by atoms with van der Waals surface area (Å²) >= 11 is 3.43. The van der Waals surface area contributed by atoms with E-state index in [4.69, 9.17) is 0 Å². The highest BCUT2D eigenvalue weighted by Gasteiger charge is 2.20. The predicted octanol–water partition coefficient (Wildman–Crippen LogP) is 1.47. The first-order valence-corrected chi connectivity index (χ1v) is 7.76. The van der Waals surface area contributed by atoms with Crippen molar-refractivity contribution in [3.8, 4) is 0 Å². The molecule has 16 heavy (non-hydrogen) atoms. The normalized spacial score (nSPS) is 20.4. The number of nitrogens with zero attached hydrogens (tertiary/aromatic N) is 2. The number of aromatic nitrogens is 1. The van der Waals surface area contributed by atoms with Crippen LogP contribution in [0.2, 0.25) is 0 Å². The van der Waals surface area contributed by atoms with E-state index >= 15 is 0 Å². The van der Waals surface area contributed by atoms with Crippen LogP contribution in [0.3, 0.4) is 0 Å². The lowest BCUT2D eigenvalue weighted by Crippen LogP contribution is -2.27. The lowest BCUT2D eigenvalue weighted by Gasteiger charge is -2.21. The summed E-state index contributed by atoms with van der Waals surface area (Å²) in [6.07, 6.45) is 2.39. The summed E-state index contributed by atoms with van der Waals surface area (Å²) < 4.78 is 23.9. The van der Waals surface area contributed by atoms with Gasteiger partial charge in [-0.05, 0) is 34.5 Å². The zero-order chi connectivity index (χ0) is 11.6. The molecule has 6 heteroatoms. The van der Waals surface area contributed by atoms with Crippen molar-refractivity contribution in [1.29, 1.82) is 0 Å². The summed E-state index contributed by atoms with van der Waals surface area (Å²) in [4.78, 5) is 6.30. The SMILES string of the molecule is O=S1(=O)CCCN(c2ncccc2Br)CC1. The van der Waals surface area contributed by atoms with E-state index in [2.05, 4.69) is 20.9 Å². The van der Waals surface area contributed by atoms with Crippen LogP contribution in [-0.4, -0.2) is 38.0 Å². The van der Waals surface area contributed by atoms with Gasteiger partial charge in [0.25, 0.3) is 0 Å². The van der Waals surface area contributed by atoms with Crippen LogP contribution in [0.15, 0.2) is 22.8 Å². The lowest BCUT2D eigenvalue weighted by atomic mass is 10.3. The fourth-order valence-corrected chi connectivity index (χ4v) is 3.54. The summed E-state index contributed by atoms with van der Waals surface area (Å²) in [5.41, 5.74) is 0. The van der Waals surface area contributed by atoms with E-state index in [0.717, 1.165) is 16.8 Å². The second kappa shape index (κ2) is 4.71. The number of rotatable bonds is 1. The molecule has 0 bridgehead atoms. The average Bonchev–Trinajstić information content (AvgIpc) is 2.40. The Morgan fingerprint density at radius 3 is 2.88 bits per heavy atom. The third-order valence-electron chi connectivity index (χ3n) is 2.59. The molecular weight excluding hydrogens is 292 g/mol. The first-order valence-electron chi connectivity index (χ1n) is 5.14. The smallest absolute Gasteiger partial charge is 0.152 e. The summed E-state index contributed by atoms with van der Waals surface area (Å²) in [7, 11) is -2.86. The standard InChI is InChI=1S/C10H13BrN2O2S/c11-9-3-1-4-12-10(9)13-5-2-7-16(14,15)8-6-13/h1,3-4H,2,5-8H2. The monoisotopic (exact) mass is 304 g/mol. The molecule has 88 valence electrons. The molecule has 0 amide bonds. The summed E-state index contributed by atoms with van der Waals surface area (Å²) in [5, 5.41) is 0. The fraction of sp³-hybridized carbons (Fsp3) is 0.500. The van der Waals surface area contributed by atoms with E-state index < -0.39 is 9.84 Å². The molecular formula is C10H13BrN2O2S. The van der Waals surface area contributed by atoms with E-state index in [-0.39, 0.29) is 11.5 Å². The number of halogens is 1. The number of sulfone groups is 1. The maximum Gasteiger partial charge on any atom is 0.152 e. The number of anilines is 1. The molecule has 2 rings (SSSR count). The number of hydrogen-bond acceptors (Lipinski definition) is 4. The highest BCUT2D eigenvalue weighted by Crippen LogP contribution is 2.24. The van der Waals surface area contributed by atoms with Gasteiger partial charge in [0, 0.05) is 19.3 Å². The van der Waals surface area contributed by atoms with Crippen LogP contribution in [0.4, 0.5) is 5.82 Å². The molecule has 0 aromatic carbocycles. The van der Waals surface area contributed by atoms with Crippen molar-refractivity contribution in [3.63, 3.8) is 0 Å². The summed E-state index contributed by atoms with van der Waals surface area (Å²) in [6.45, 7) is 1.27. The molecule has 1 fully saturated rings. The molecule has 0 spiro atoms. The molecule has 4 nitrogen and oxygen atoms in total. The van der Waals surface area contributed by atoms with Crippen molar-refractivity contribution in [2.24, 2.45) is 0 Å². The van der Waals surface area contributed by atoms with Crippen molar-refractivity contribution in [3.05, 3.63) is 22.8 Å². The van der Waals surface area contributed by atoms with Gasteiger partial charge in [-0.1, -0.05) is 0 Å². The zero-order valence-corrected chi connectivity index (χ0v) is 11.2. The van der Waals surface area contributed by atoms with Gasteiger partial charge in [0.1, 0.15) is 5.82 Å². The van der Waals surface area contributed by atoms with Crippen molar-refractivity contribution >= 4 is 31.6 Å². The van der Waals surface area contributed by atoms with E-state index in [1.54, 1.807) is 6.20 Å². The van der Waals surface area contributed by atoms with Gasteiger partial charge in [-0.2, -0.15) is 0 Å². The Morgan fingerprint density at radius 2 is 2.12 bits per heavy atom. The van der Waals surface area contributed by atoms with Gasteiger partial charge in [0.05, 0.1) is 16.0 Å². The molecule has 1 aliphatic heterocycles. The van der Waals surface area contributed by atoms with Gasteiger partial charge < -0.3 is 4.90 Å². The Labute approximate surface area is 104 Å². The Balaban J connectivity index is 2.20. The zero-order valence-electron chi connectivity index (χ0n) is 8.76. The minimum Gasteiger partial charge on any atom is -0.355 e. The second-order valence-electron chi connectivity index (χ2n) is 3.80. The maximum absolute atomic E-state index is 11.5. The van der Waals surface area contributed by atoms with Crippen LogP contribution >= 0.6 is 15.9 Å². The third kappa shape index (κ3) is 2.74. The minimum atomic E-state index is -2.86. The topological polar surface area (TPSA) is 50.3 Å². The van der Waals surface area contributed by atoms with E-state index in [9.17, 15) is 8.42 Å². The van der Waals surface area contributed by atoms with E-state index in [0.29, 0.717) is 13.0 Å². The van der Waals surface area contributed by atoms with Gasteiger partial charge in [-0.3, -0.25) is 0 Å². The largest absolute Gasteiger partial charge is 0.355 e. The fourth-order valence-electron chi connectivity index (χ4n) is 1.76. The molecule has 1 aromatic rings. The van der Waals surface area contributed by atoms with Crippen LogP contribution in [-0.2, 0) is 9.84 Å². The highest BCUT2D eigenvalue weighted by molar-refractivity contribution is 9.10. The maximum atomic E-state index is 11.5. The Kier molecular flexibility index (Phi) is 3.49. The Bertz CT molecular complexity index is 475. The molecule has 1 aliphatic rings. The van der Waals surface area contributed by atoms with Gasteiger partial charge in [-0.15, -0.1) is 0 Å². The number of hydrogen-bond donors (Lipinski definition) is 0. The summed E-state index contributed by atoms with van der Waals surface area (Å²) in [6, 6.07) is 3.77.